The molecule has 2 aromatic heterocycles. The van der Waals surface area contributed by atoms with Gasteiger partial charge >= 0.3 is 0 Å². The van der Waals surface area contributed by atoms with Gasteiger partial charge in [-0.2, -0.15) is 0 Å². The van der Waals surface area contributed by atoms with Crippen LogP contribution in [0.4, 0.5) is 0 Å². The van der Waals surface area contributed by atoms with Crippen LogP contribution in [0.1, 0.15) is 28.6 Å². The molecule has 1 aliphatic heterocycles. The van der Waals surface area contributed by atoms with Crippen molar-refractivity contribution < 1.29 is 5.11 Å². The number of hydrogen-bond donors (Lipinski definition) is 1. The highest BCUT2D eigenvalue weighted by Crippen LogP contribution is 2.33. The topological polar surface area (TPSA) is 61.6 Å². The summed E-state index contributed by atoms with van der Waals surface area (Å²) in [6.07, 6.45) is 1.73. The lowest BCUT2D eigenvalue weighted by Gasteiger charge is -2.38. The van der Waals surface area contributed by atoms with Crippen LogP contribution < -0.4 is 5.56 Å². The molecule has 6 heteroatoms. The zero-order chi connectivity index (χ0) is 21.1. The molecule has 1 aliphatic rings. The number of nitrogens with zero attached hydrogens (tertiary/aromatic N) is 4. The van der Waals surface area contributed by atoms with Gasteiger partial charge in [-0.1, -0.05) is 36.4 Å². The number of aryl methyl sites for hydroxylation is 1. The lowest BCUT2D eigenvalue weighted by atomic mass is 9.96. The number of hydrogen-bond acceptors (Lipinski definition) is 5. The summed E-state index contributed by atoms with van der Waals surface area (Å²) in [5, 5.41) is 10.9. The van der Waals surface area contributed by atoms with E-state index in [9.17, 15) is 9.90 Å². The zero-order valence-electron chi connectivity index (χ0n) is 17.5. The smallest absolute Gasteiger partial charge is 0.260 e. The maximum absolute atomic E-state index is 13.7. The summed E-state index contributed by atoms with van der Waals surface area (Å²) < 4.78 is 1.71. The molecule has 3 aromatic rings. The van der Waals surface area contributed by atoms with E-state index in [0.717, 1.165) is 43.1 Å². The maximum Gasteiger partial charge on any atom is 0.260 e. The van der Waals surface area contributed by atoms with Crippen LogP contribution in [0.25, 0.3) is 0 Å². The van der Waals surface area contributed by atoms with Gasteiger partial charge in [-0.25, -0.2) is 0 Å². The van der Waals surface area contributed by atoms with Crippen LogP contribution in [0.5, 0.6) is 5.75 Å². The van der Waals surface area contributed by atoms with E-state index in [0.29, 0.717) is 12.1 Å². The summed E-state index contributed by atoms with van der Waals surface area (Å²) in [6, 6.07) is 17.1. The van der Waals surface area contributed by atoms with Gasteiger partial charge in [-0.05, 0) is 37.7 Å². The Labute approximate surface area is 177 Å². The fourth-order valence-corrected chi connectivity index (χ4v) is 4.15. The van der Waals surface area contributed by atoms with Crippen LogP contribution in [0.3, 0.4) is 0 Å². The van der Waals surface area contributed by atoms with Crippen molar-refractivity contribution in [1.29, 1.82) is 0 Å². The lowest BCUT2D eigenvalue weighted by Crippen LogP contribution is -2.47. The van der Waals surface area contributed by atoms with Crippen LogP contribution in [-0.2, 0) is 6.54 Å². The van der Waals surface area contributed by atoms with Crippen molar-refractivity contribution >= 4 is 0 Å². The number of benzene rings is 1. The van der Waals surface area contributed by atoms with Gasteiger partial charge in [0.25, 0.3) is 5.56 Å². The molecule has 1 saturated heterocycles. The summed E-state index contributed by atoms with van der Waals surface area (Å²) in [4.78, 5) is 22.6. The number of aromatic hydroxyl groups is 1. The minimum absolute atomic E-state index is 0.0579. The predicted octanol–water partition coefficient (Wildman–Crippen LogP) is 2.64. The molecule has 3 heterocycles. The minimum Gasteiger partial charge on any atom is -0.507 e. The highest BCUT2D eigenvalue weighted by atomic mass is 16.3. The van der Waals surface area contributed by atoms with Crippen LogP contribution in [-0.4, -0.2) is 57.7 Å². The summed E-state index contributed by atoms with van der Waals surface area (Å²) >= 11 is 0. The van der Waals surface area contributed by atoms with E-state index >= 15 is 0 Å². The molecule has 30 heavy (non-hydrogen) atoms. The summed E-state index contributed by atoms with van der Waals surface area (Å²) in [5.74, 6) is 0.0579. The Kier molecular flexibility index (Phi) is 5.97. The first-order valence-corrected chi connectivity index (χ1v) is 10.4. The van der Waals surface area contributed by atoms with E-state index in [1.807, 2.05) is 55.5 Å². The lowest BCUT2D eigenvalue weighted by molar-refractivity contribution is 0.125. The van der Waals surface area contributed by atoms with Gasteiger partial charge < -0.3 is 14.6 Å². The average molecular weight is 405 g/mol. The van der Waals surface area contributed by atoms with Crippen molar-refractivity contribution in [2.75, 3.05) is 33.2 Å². The SMILES string of the molecule is Cc1cc(O)c([C@@H](c2ccccc2)N2CCN(C)CC2)c(=O)n1Cc1ccccn1. The molecule has 6 nitrogen and oxygen atoms in total. The molecule has 0 spiro atoms. The van der Waals surface area contributed by atoms with Crippen molar-refractivity contribution in [2.24, 2.45) is 0 Å². The average Bonchev–Trinajstić information content (AvgIpc) is 2.76. The Morgan fingerprint density at radius 1 is 1.03 bits per heavy atom. The quantitative estimate of drug-likeness (QED) is 0.708. The summed E-state index contributed by atoms with van der Waals surface area (Å²) in [5.41, 5.74) is 2.83. The molecule has 1 fully saturated rings. The molecule has 1 aromatic carbocycles. The largest absolute Gasteiger partial charge is 0.507 e. The Balaban J connectivity index is 1.82. The molecule has 0 saturated carbocycles. The van der Waals surface area contributed by atoms with Gasteiger partial charge in [0.15, 0.2) is 0 Å². The molecule has 1 atom stereocenters. The molecule has 0 unspecified atom stereocenters. The van der Waals surface area contributed by atoms with E-state index in [1.165, 1.54) is 0 Å². The van der Waals surface area contributed by atoms with Crippen molar-refractivity contribution in [3.05, 3.63) is 93.7 Å². The first-order chi connectivity index (χ1) is 14.5. The van der Waals surface area contributed by atoms with Crippen LogP contribution in [0, 0.1) is 6.92 Å². The van der Waals surface area contributed by atoms with Crippen LogP contribution >= 0.6 is 0 Å². The highest BCUT2D eigenvalue weighted by molar-refractivity contribution is 5.41. The minimum atomic E-state index is -0.289. The summed E-state index contributed by atoms with van der Waals surface area (Å²) in [7, 11) is 2.11. The van der Waals surface area contributed by atoms with Crippen molar-refractivity contribution in [1.82, 2.24) is 19.4 Å². The molecule has 0 radical (unpaired) electrons. The standard InChI is InChI=1S/C24H28N4O2/c1-18-16-21(29)22(24(30)28(18)17-20-10-6-7-11-25-20)23(19-8-4-3-5-9-19)27-14-12-26(2)13-15-27/h3-11,16,23,29H,12-15,17H2,1-2H3/t23-/m1/s1. The Morgan fingerprint density at radius 3 is 2.40 bits per heavy atom. The van der Waals surface area contributed by atoms with E-state index in [2.05, 4.69) is 21.8 Å². The third-order valence-electron chi connectivity index (χ3n) is 5.86. The molecular weight excluding hydrogens is 376 g/mol. The molecule has 0 amide bonds. The Morgan fingerprint density at radius 2 is 1.73 bits per heavy atom. The highest BCUT2D eigenvalue weighted by Gasteiger charge is 2.30. The molecule has 1 N–H and O–H groups in total. The summed E-state index contributed by atoms with van der Waals surface area (Å²) in [6.45, 7) is 5.76. The predicted molar refractivity (Wildman–Crippen MR) is 118 cm³/mol. The van der Waals surface area contributed by atoms with E-state index in [4.69, 9.17) is 0 Å². The van der Waals surface area contributed by atoms with E-state index < -0.39 is 0 Å². The number of aromatic nitrogens is 2. The zero-order valence-corrected chi connectivity index (χ0v) is 17.5. The number of piperazine rings is 1. The Bertz CT molecular complexity index is 1040. The Hall–Kier alpha value is -2.96. The van der Waals surface area contributed by atoms with Gasteiger partial charge in [-0.15, -0.1) is 0 Å². The molecule has 156 valence electrons. The third-order valence-corrected chi connectivity index (χ3v) is 5.86. The first-order valence-electron chi connectivity index (χ1n) is 10.4. The van der Waals surface area contributed by atoms with E-state index in [1.54, 1.807) is 16.8 Å². The third kappa shape index (κ3) is 4.15. The number of likely N-dealkylation sites (N-methyl/N-ethyl adjacent to an activating group) is 1. The second-order valence-corrected chi connectivity index (χ2v) is 7.95. The molecule has 0 aliphatic carbocycles. The van der Waals surface area contributed by atoms with Gasteiger partial charge in [0.2, 0.25) is 0 Å². The van der Waals surface area contributed by atoms with Gasteiger partial charge in [-0.3, -0.25) is 14.7 Å². The fraction of sp³-hybridized carbons (Fsp3) is 0.333. The monoisotopic (exact) mass is 404 g/mol. The van der Waals surface area contributed by atoms with Crippen molar-refractivity contribution in [3.8, 4) is 5.75 Å². The second kappa shape index (κ2) is 8.81. The van der Waals surface area contributed by atoms with Crippen molar-refractivity contribution in [3.63, 3.8) is 0 Å². The first kappa shape index (κ1) is 20.3. The van der Waals surface area contributed by atoms with Crippen LogP contribution in [0.2, 0.25) is 0 Å². The van der Waals surface area contributed by atoms with Gasteiger partial charge in [0.05, 0.1) is 23.8 Å². The molecular formula is C24H28N4O2. The fourth-order valence-electron chi connectivity index (χ4n) is 4.15. The van der Waals surface area contributed by atoms with Gasteiger partial charge in [0, 0.05) is 38.1 Å². The maximum atomic E-state index is 13.7. The molecule has 4 rings (SSSR count). The number of pyridine rings is 2. The van der Waals surface area contributed by atoms with E-state index in [-0.39, 0.29) is 17.4 Å². The number of rotatable bonds is 5. The molecule has 0 bridgehead atoms. The normalized spacial score (nSPS) is 16.5. The second-order valence-electron chi connectivity index (χ2n) is 7.95. The van der Waals surface area contributed by atoms with Crippen molar-refractivity contribution in [2.45, 2.75) is 19.5 Å². The van der Waals surface area contributed by atoms with Gasteiger partial charge in [0.1, 0.15) is 5.75 Å². The van der Waals surface area contributed by atoms with Crippen LogP contribution in [0.15, 0.2) is 65.6 Å².